The predicted octanol–water partition coefficient (Wildman–Crippen LogP) is 2.11. The lowest BCUT2D eigenvalue weighted by atomic mass is 9.97. The minimum absolute atomic E-state index is 0.800. The third kappa shape index (κ3) is 3.18. The van der Waals surface area contributed by atoms with Crippen molar-refractivity contribution in [2.75, 3.05) is 26.7 Å². The summed E-state index contributed by atoms with van der Waals surface area (Å²) in [5, 5.41) is 3.79. The number of nitrogens with one attached hydrogen (secondary N) is 1. The quantitative estimate of drug-likeness (QED) is 0.767. The second-order valence-corrected chi connectivity index (χ2v) is 5.65. The Morgan fingerprint density at radius 1 is 1.13 bits per heavy atom. The Bertz CT molecular complexity index is 185. The maximum atomic E-state index is 3.79. The fourth-order valence-corrected chi connectivity index (χ4v) is 3.06. The molecule has 2 atom stereocenters. The zero-order valence-electron chi connectivity index (χ0n) is 10.3. The molecule has 1 heterocycles. The average Bonchev–Trinajstić information content (AvgIpc) is 2.63. The van der Waals surface area contributed by atoms with Gasteiger partial charge in [0.05, 0.1) is 0 Å². The number of hydrogen-bond donors (Lipinski definition) is 1. The van der Waals surface area contributed by atoms with Gasteiger partial charge in [0.15, 0.2) is 0 Å². The summed E-state index contributed by atoms with van der Waals surface area (Å²) < 4.78 is 0. The molecule has 0 amide bonds. The minimum Gasteiger partial charge on any atom is -0.314 e. The van der Waals surface area contributed by atoms with Crippen LogP contribution >= 0.6 is 0 Å². The van der Waals surface area contributed by atoms with E-state index in [-0.39, 0.29) is 0 Å². The van der Waals surface area contributed by atoms with Crippen LogP contribution in [0, 0.1) is 11.8 Å². The van der Waals surface area contributed by atoms with Crippen molar-refractivity contribution in [3.8, 4) is 0 Å². The van der Waals surface area contributed by atoms with Gasteiger partial charge in [0, 0.05) is 6.04 Å². The standard InChI is InChI=1S/C13H26N2/c1-11-4-3-5-12(11)10-14-13-6-8-15(2)9-7-13/h11-14H,3-10H2,1-2H3. The Kier molecular flexibility index (Phi) is 4.04. The molecular weight excluding hydrogens is 184 g/mol. The molecule has 2 aliphatic rings. The van der Waals surface area contributed by atoms with Crippen LogP contribution in [0.2, 0.25) is 0 Å². The number of piperidine rings is 1. The topological polar surface area (TPSA) is 15.3 Å². The van der Waals surface area contributed by atoms with Gasteiger partial charge in [0.25, 0.3) is 0 Å². The lowest BCUT2D eigenvalue weighted by Crippen LogP contribution is -2.42. The van der Waals surface area contributed by atoms with Crippen LogP contribution in [0.4, 0.5) is 0 Å². The van der Waals surface area contributed by atoms with Gasteiger partial charge in [-0.25, -0.2) is 0 Å². The first kappa shape index (κ1) is 11.4. The van der Waals surface area contributed by atoms with E-state index in [2.05, 4.69) is 24.2 Å². The molecule has 15 heavy (non-hydrogen) atoms. The molecule has 1 N–H and O–H groups in total. The number of hydrogen-bond acceptors (Lipinski definition) is 2. The molecule has 0 aromatic heterocycles. The molecule has 1 saturated carbocycles. The van der Waals surface area contributed by atoms with E-state index in [1.54, 1.807) is 0 Å². The van der Waals surface area contributed by atoms with Gasteiger partial charge < -0.3 is 10.2 Å². The molecular formula is C13H26N2. The highest BCUT2D eigenvalue weighted by atomic mass is 15.1. The van der Waals surface area contributed by atoms with Gasteiger partial charge in [0.2, 0.25) is 0 Å². The Morgan fingerprint density at radius 2 is 1.87 bits per heavy atom. The molecule has 0 spiro atoms. The number of rotatable bonds is 3. The molecule has 0 radical (unpaired) electrons. The monoisotopic (exact) mass is 210 g/mol. The van der Waals surface area contributed by atoms with Gasteiger partial charge in [-0.2, -0.15) is 0 Å². The van der Waals surface area contributed by atoms with Crippen molar-refractivity contribution < 1.29 is 0 Å². The average molecular weight is 210 g/mol. The van der Waals surface area contributed by atoms with Crippen LogP contribution in [0.25, 0.3) is 0 Å². The molecule has 2 nitrogen and oxygen atoms in total. The second kappa shape index (κ2) is 5.31. The van der Waals surface area contributed by atoms with Crippen molar-refractivity contribution in [3.05, 3.63) is 0 Å². The normalized spacial score (nSPS) is 34.8. The molecule has 0 aromatic carbocycles. The van der Waals surface area contributed by atoms with Crippen LogP contribution in [-0.4, -0.2) is 37.6 Å². The molecule has 1 aliphatic carbocycles. The lowest BCUT2D eigenvalue weighted by molar-refractivity contribution is 0.226. The fraction of sp³-hybridized carbons (Fsp3) is 1.00. The summed E-state index contributed by atoms with van der Waals surface area (Å²) in [5.41, 5.74) is 0. The van der Waals surface area contributed by atoms with E-state index in [1.165, 1.54) is 51.7 Å². The Hall–Kier alpha value is -0.0800. The fourth-order valence-electron chi connectivity index (χ4n) is 3.06. The first-order valence-corrected chi connectivity index (χ1v) is 6.67. The summed E-state index contributed by atoms with van der Waals surface area (Å²) in [5.74, 6) is 1.92. The van der Waals surface area contributed by atoms with Gasteiger partial charge in [-0.1, -0.05) is 19.8 Å². The Morgan fingerprint density at radius 3 is 2.47 bits per heavy atom. The summed E-state index contributed by atoms with van der Waals surface area (Å²) in [6, 6.07) is 0.800. The molecule has 2 rings (SSSR count). The number of nitrogens with zero attached hydrogens (tertiary/aromatic N) is 1. The third-order valence-electron chi connectivity index (χ3n) is 4.43. The number of likely N-dealkylation sites (tertiary alicyclic amines) is 1. The Balaban J connectivity index is 1.65. The summed E-state index contributed by atoms with van der Waals surface area (Å²) in [7, 11) is 2.23. The van der Waals surface area contributed by atoms with Crippen molar-refractivity contribution in [2.24, 2.45) is 11.8 Å². The van der Waals surface area contributed by atoms with Crippen LogP contribution in [0.15, 0.2) is 0 Å². The van der Waals surface area contributed by atoms with Crippen LogP contribution in [0.3, 0.4) is 0 Å². The maximum Gasteiger partial charge on any atom is 0.00915 e. The van der Waals surface area contributed by atoms with Crippen molar-refractivity contribution in [2.45, 2.75) is 45.1 Å². The first-order valence-electron chi connectivity index (χ1n) is 6.67. The predicted molar refractivity (Wildman–Crippen MR) is 65.0 cm³/mol. The molecule has 1 saturated heterocycles. The van der Waals surface area contributed by atoms with E-state index in [0.717, 1.165) is 17.9 Å². The molecule has 88 valence electrons. The van der Waals surface area contributed by atoms with Gasteiger partial charge in [-0.15, -0.1) is 0 Å². The summed E-state index contributed by atoms with van der Waals surface area (Å²) >= 11 is 0. The molecule has 2 unspecified atom stereocenters. The van der Waals surface area contributed by atoms with E-state index in [9.17, 15) is 0 Å². The van der Waals surface area contributed by atoms with E-state index < -0.39 is 0 Å². The highest BCUT2D eigenvalue weighted by Crippen LogP contribution is 2.30. The first-order chi connectivity index (χ1) is 7.25. The van der Waals surface area contributed by atoms with E-state index in [1.807, 2.05) is 0 Å². The highest BCUT2D eigenvalue weighted by Gasteiger charge is 2.24. The smallest absolute Gasteiger partial charge is 0.00915 e. The summed E-state index contributed by atoms with van der Waals surface area (Å²) in [6.45, 7) is 6.25. The lowest BCUT2D eigenvalue weighted by Gasteiger charge is -2.30. The Labute approximate surface area is 94.4 Å². The zero-order valence-corrected chi connectivity index (χ0v) is 10.3. The SMILES string of the molecule is CC1CCCC1CNC1CCN(C)CC1. The molecule has 2 fully saturated rings. The second-order valence-electron chi connectivity index (χ2n) is 5.65. The van der Waals surface area contributed by atoms with E-state index >= 15 is 0 Å². The molecule has 2 heteroatoms. The van der Waals surface area contributed by atoms with Crippen LogP contribution < -0.4 is 5.32 Å². The maximum absolute atomic E-state index is 3.79. The summed E-state index contributed by atoms with van der Waals surface area (Å²) in [6.07, 6.45) is 7.07. The van der Waals surface area contributed by atoms with Crippen molar-refractivity contribution in [3.63, 3.8) is 0 Å². The van der Waals surface area contributed by atoms with Crippen molar-refractivity contribution >= 4 is 0 Å². The van der Waals surface area contributed by atoms with Gasteiger partial charge in [-0.3, -0.25) is 0 Å². The van der Waals surface area contributed by atoms with Gasteiger partial charge >= 0.3 is 0 Å². The minimum atomic E-state index is 0.800. The zero-order chi connectivity index (χ0) is 10.7. The van der Waals surface area contributed by atoms with Crippen LogP contribution in [0.5, 0.6) is 0 Å². The van der Waals surface area contributed by atoms with E-state index in [4.69, 9.17) is 0 Å². The van der Waals surface area contributed by atoms with Gasteiger partial charge in [0.1, 0.15) is 0 Å². The van der Waals surface area contributed by atoms with E-state index in [0.29, 0.717) is 0 Å². The van der Waals surface area contributed by atoms with Crippen LogP contribution in [-0.2, 0) is 0 Å². The summed E-state index contributed by atoms with van der Waals surface area (Å²) in [4.78, 5) is 2.44. The third-order valence-corrected chi connectivity index (χ3v) is 4.43. The van der Waals surface area contributed by atoms with Crippen molar-refractivity contribution in [1.82, 2.24) is 10.2 Å². The van der Waals surface area contributed by atoms with Crippen molar-refractivity contribution in [1.29, 1.82) is 0 Å². The van der Waals surface area contributed by atoms with Crippen LogP contribution in [0.1, 0.15) is 39.0 Å². The highest BCUT2D eigenvalue weighted by molar-refractivity contribution is 4.80. The molecule has 0 bridgehead atoms. The molecule has 0 aromatic rings. The molecule has 1 aliphatic heterocycles. The van der Waals surface area contributed by atoms with Gasteiger partial charge in [-0.05, 0) is 57.8 Å². The largest absolute Gasteiger partial charge is 0.314 e.